The Kier molecular flexibility index (Phi) is 2.70. The highest BCUT2D eigenvalue weighted by atomic mass is 32.1. The molecule has 0 spiro atoms. The second kappa shape index (κ2) is 3.58. The summed E-state index contributed by atoms with van der Waals surface area (Å²) < 4.78 is 0. The molecule has 64 valence electrons. The minimum Gasteiger partial charge on any atom is -0.258 e. The predicted molar refractivity (Wildman–Crippen MR) is 50.5 cm³/mol. The summed E-state index contributed by atoms with van der Waals surface area (Å²) in [6, 6.07) is 4.80. The number of nitrogens with zero attached hydrogens (tertiary/aromatic N) is 1. The lowest BCUT2D eigenvalue weighted by molar-refractivity contribution is -0.384. The molecule has 0 bridgehead atoms. The zero-order valence-electron chi connectivity index (χ0n) is 6.65. The molecule has 0 fully saturated rings. The van der Waals surface area contributed by atoms with Crippen LogP contribution >= 0.6 is 12.6 Å². The summed E-state index contributed by atoms with van der Waals surface area (Å²) in [4.78, 5) is 9.96. The maximum absolute atomic E-state index is 10.4. The van der Waals surface area contributed by atoms with Crippen molar-refractivity contribution in [2.24, 2.45) is 0 Å². The molecule has 1 aromatic rings. The highest BCUT2D eigenvalue weighted by molar-refractivity contribution is 7.79. The van der Waals surface area contributed by atoms with Crippen LogP contribution in [0.15, 0.2) is 18.2 Å². The van der Waals surface area contributed by atoms with Crippen molar-refractivity contribution in [1.82, 2.24) is 0 Å². The van der Waals surface area contributed by atoms with Crippen molar-refractivity contribution in [3.8, 4) is 0 Å². The van der Waals surface area contributed by atoms with E-state index < -0.39 is 4.92 Å². The Hall–Kier alpha value is -1.03. The number of hydrogen-bond donors (Lipinski definition) is 1. The van der Waals surface area contributed by atoms with Gasteiger partial charge in [0.1, 0.15) is 0 Å². The van der Waals surface area contributed by atoms with Gasteiger partial charge in [-0.1, -0.05) is 6.07 Å². The Morgan fingerprint density at radius 1 is 1.58 bits per heavy atom. The monoisotopic (exact) mass is 183 g/mol. The molecule has 0 N–H and O–H groups in total. The molecule has 0 aliphatic carbocycles. The molecule has 0 saturated carbocycles. The number of non-ortho nitro benzene ring substituents is 1. The van der Waals surface area contributed by atoms with Crippen LogP contribution < -0.4 is 0 Å². The van der Waals surface area contributed by atoms with Crippen molar-refractivity contribution < 1.29 is 4.92 Å². The van der Waals surface area contributed by atoms with Crippen LogP contribution in [0.2, 0.25) is 0 Å². The third-order valence-electron chi connectivity index (χ3n) is 1.71. The maximum atomic E-state index is 10.4. The first-order valence-corrected chi connectivity index (χ1v) is 4.13. The zero-order chi connectivity index (χ0) is 9.14. The van der Waals surface area contributed by atoms with Crippen molar-refractivity contribution in [3.05, 3.63) is 39.4 Å². The SMILES string of the molecule is Cc1ccc([N+](=O)[O-])cc1CS. The number of rotatable bonds is 2. The second-order valence-electron chi connectivity index (χ2n) is 2.53. The third-order valence-corrected chi connectivity index (χ3v) is 2.05. The van der Waals surface area contributed by atoms with Gasteiger partial charge in [0, 0.05) is 17.9 Å². The molecule has 1 rings (SSSR count). The van der Waals surface area contributed by atoms with Crippen molar-refractivity contribution >= 4 is 18.3 Å². The highest BCUT2D eigenvalue weighted by Gasteiger charge is 2.06. The Morgan fingerprint density at radius 2 is 2.25 bits per heavy atom. The largest absolute Gasteiger partial charge is 0.269 e. The summed E-state index contributed by atoms with van der Waals surface area (Å²) >= 11 is 4.07. The molecule has 0 saturated heterocycles. The standard InChI is InChI=1S/C8H9NO2S/c1-6-2-3-8(9(10)11)4-7(6)5-12/h2-4,12H,5H2,1H3. The number of thiol groups is 1. The lowest BCUT2D eigenvalue weighted by Crippen LogP contribution is -1.91. The Balaban J connectivity index is 3.13. The van der Waals surface area contributed by atoms with E-state index in [4.69, 9.17) is 0 Å². The molecule has 0 radical (unpaired) electrons. The summed E-state index contributed by atoms with van der Waals surface area (Å²) in [5.41, 5.74) is 2.08. The topological polar surface area (TPSA) is 43.1 Å². The molecule has 4 heteroatoms. The molecule has 0 heterocycles. The van der Waals surface area contributed by atoms with Crippen molar-refractivity contribution in [3.63, 3.8) is 0 Å². The highest BCUT2D eigenvalue weighted by Crippen LogP contribution is 2.18. The van der Waals surface area contributed by atoms with Crippen molar-refractivity contribution in [2.75, 3.05) is 0 Å². The first-order chi connectivity index (χ1) is 5.65. The average molecular weight is 183 g/mol. The average Bonchev–Trinajstić information content (AvgIpc) is 2.05. The molecule has 0 amide bonds. The fourth-order valence-electron chi connectivity index (χ4n) is 0.942. The van der Waals surface area contributed by atoms with Gasteiger partial charge in [0.15, 0.2) is 0 Å². The van der Waals surface area contributed by atoms with E-state index in [1.165, 1.54) is 6.07 Å². The fraction of sp³-hybridized carbons (Fsp3) is 0.250. The van der Waals surface area contributed by atoms with E-state index in [9.17, 15) is 10.1 Å². The van der Waals surface area contributed by atoms with Crippen molar-refractivity contribution in [1.29, 1.82) is 0 Å². The summed E-state index contributed by atoms with van der Waals surface area (Å²) in [5, 5.41) is 10.4. The van der Waals surface area contributed by atoms with Crippen molar-refractivity contribution in [2.45, 2.75) is 12.7 Å². The normalized spacial score (nSPS) is 9.83. The van der Waals surface area contributed by atoms with E-state index in [2.05, 4.69) is 12.6 Å². The van der Waals surface area contributed by atoms with Gasteiger partial charge in [0.25, 0.3) is 5.69 Å². The Labute approximate surface area is 76.0 Å². The lowest BCUT2D eigenvalue weighted by atomic mass is 10.1. The zero-order valence-corrected chi connectivity index (χ0v) is 7.54. The van der Waals surface area contributed by atoms with E-state index in [0.29, 0.717) is 5.75 Å². The minimum atomic E-state index is -0.396. The number of hydrogen-bond acceptors (Lipinski definition) is 3. The van der Waals surface area contributed by atoms with Crippen LogP contribution in [-0.2, 0) is 5.75 Å². The molecular weight excluding hydrogens is 174 g/mol. The first-order valence-electron chi connectivity index (χ1n) is 3.50. The van der Waals surface area contributed by atoms with Gasteiger partial charge in [0.2, 0.25) is 0 Å². The van der Waals surface area contributed by atoms with Crippen LogP contribution in [0.5, 0.6) is 0 Å². The van der Waals surface area contributed by atoms with Gasteiger partial charge in [-0.3, -0.25) is 10.1 Å². The Bertz CT molecular complexity index is 312. The number of nitro groups is 1. The maximum Gasteiger partial charge on any atom is 0.269 e. The minimum absolute atomic E-state index is 0.129. The summed E-state index contributed by atoms with van der Waals surface area (Å²) in [6.07, 6.45) is 0. The van der Waals surface area contributed by atoms with Crippen LogP contribution in [0.1, 0.15) is 11.1 Å². The summed E-state index contributed by atoms with van der Waals surface area (Å²) in [7, 11) is 0. The van der Waals surface area contributed by atoms with E-state index in [1.807, 2.05) is 6.92 Å². The van der Waals surface area contributed by atoms with Gasteiger partial charge in [0.05, 0.1) is 4.92 Å². The van der Waals surface area contributed by atoms with Crippen LogP contribution in [0.3, 0.4) is 0 Å². The molecule has 0 aromatic heterocycles. The molecule has 0 atom stereocenters. The first kappa shape index (κ1) is 9.06. The molecule has 12 heavy (non-hydrogen) atoms. The van der Waals surface area contributed by atoms with E-state index in [1.54, 1.807) is 12.1 Å². The smallest absolute Gasteiger partial charge is 0.258 e. The summed E-state index contributed by atoms with van der Waals surface area (Å²) in [6.45, 7) is 1.91. The summed E-state index contributed by atoms with van der Waals surface area (Å²) in [5.74, 6) is 0.535. The quantitative estimate of drug-likeness (QED) is 0.434. The van der Waals surface area contributed by atoms with Gasteiger partial charge in [-0.2, -0.15) is 12.6 Å². The molecule has 0 unspecified atom stereocenters. The van der Waals surface area contributed by atoms with E-state index in [-0.39, 0.29) is 5.69 Å². The molecule has 0 aliphatic heterocycles. The number of benzene rings is 1. The van der Waals surface area contributed by atoms with Crippen LogP contribution in [0, 0.1) is 17.0 Å². The van der Waals surface area contributed by atoms with Crippen LogP contribution in [0.25, 0.3) is 0 Å². The lowest BCUT2D eigenvalue weighted by Gasteiger charge is -2.00. The molecule has 1 aromatic carbocycles. The number of aryl methyl sites for hydroxylation is 1. The van der Waals surface area contributed by atoms with Gasteiger partial charge in [-0.25, -0.2) is 0 Å². The molecular formula is C8H9NO2S. The fourth-order valence-corrected chi connectivity index (χ4v) is 1.28. The van der Waals surface area contributed by atoms with E-state index in [0.717, 1.165) is 11.1 Å². The van der Waals surface area contributed by atoms with Gasteiger partial charge in [-0.15, -0.1) is 0 Å². The van der Waals surface area contributed by atoms with E-state index >= 15 is 0 Å². The van der Waals surface area contributed by atoms with Crippen LogP contribution in [-0.4, -0.2) is 4.92 Å². The Morgan fingerprint density at radius 3 is 2.75 bits per heavy atom. The number of nitro benzene ring substituents is 1. The predicted octanol–water partition coefficient (Wildman–Crippen LogP) is 2.33. The second-order valence-corrected chi connectivity index (χ2v) is 2.84. The van der Waals surface area contributed by atoms with Gasteiger partial charge < -0.3 is 0 Å². The van der Waals surface area contributed by atoms with Gasteiger partial charge >= 0.3 is 0 Å². The van der Waals surface area contributed by atoms with Gasteiger partial charge in [-0.05, 0) is 18.1 Å². The van der Waals surface area contributed by atoms with Crippen LogP contribution in [0.4, 0.5) is 5.69 Å². The molecule has 0 aliphatic rings. The third kappa shape index (κ3) is 1.76. The molecule has 3 nitrogen and oxygen atoms in total.